The molecule has 1 saturated carbocycles. The van der Waals surface area contributed by atoms with E-state index in [0.29, 0.717) is 37.5 Å². The number of aldehydes is 1. The Morgan fingerprint density at radius 2 is 1.81 bits per heavy atom. The lowest BCUT2D eigenvalue weighted by molar-refractivity contribution is -0.139. The fraction of sp³-hybridized carbons (Fsp3) is 0.811. The van der Waals surface area contributed by atoms with Gasteiger partial charge in [0.2, 0.25) is 0 Å². The minimum atomic E-state index is -0.744. The van der Waals surface area contributed by atoms with Crippen LogP contribution in [0.4, 0.5) is 0 Å². The first-order valence-corrected chi connectivity index (χ1v) is 18.1. The first-order valence-electron chi connectivity index (χ1n) is 17.6. The van der Waals surface area contributed by atoms with E-state index < -0.39 is 11.4 Å². The van der Waals surface area contributed by atoms with Crippen LogP contribution in [0.5, 0.6) is 5.88 Å². The summed E-state index contributed by atoms with van der Waals surface area (Å²) in [4.78, 5) is 21.1. The number of nitrogens with one attached hydrogen (secondary N) is 2. The normalized spacial score (nSPS) is 17.7. The molecule has 1 saturated heterocycles. The van der Waals surface area contributed by atoms with Crippen LogP contribution in [0.1, 0.15) is 131 Å². The molecule has 2 fully saturated rings. The molecule has 3 atom stereocenters. The number of hydrogen-bond acceptors (Lipinski definition) is 9. The zero-order chi connectivity index (χ0) is 35.7. The monoisotopic (exact) mass is 681 g/mol. The molecule has 2 heterocycles. The van der Waals surface area contributed by atoms with Gasteiger partial charge in [-0.25, -0.2) is 0 Å². The fourth-order valence-corrected chi connectivity index (χ4v) is 5.66. The van der Waals surface area contributed by atoms with Gasteiger partial charge in [0.15, 0.2) is 0 Å². The summed E-state index contributed by atoms with van der Waals surface area (Å²) in [6.45, 7) is 18.1. The number of rotatable bonds is 14. The number of aromatic nitrogens is 1. The van der Waals surface area contributed by atoms with E-state index in [1.54, 1.807) is 26.8 Å². The van der Waals surface area contributed by atoms with Gasteiger partial charge in [-0.1, -0.05) is 59.3 Å². The van der Waals surface area contributed by atoms with Crippen molar-refractivity contribution in [1.29, 1.82) is 0 Å². The molecule has 272 valence electrons. The minimum absolute atomic E-state index is 0.187. The second-order valence-corrected chi connectivity index (χ2v) is 14.6. The van der Waals surface area contributed by atoms with Gasteiger partial charge in [0.1, 0.15) is 18.7 Å². The van der Waals surface area contributed by atoms with Crippen molar-refractivity contribution >= 4 is 24.9 Å². The molecule has 1 aromatic heterocycles. The Labute approximate surface area is 291 Å². The molecular formula is C37H67N3O6S. The molecule has 0 radical (unpaired) electrons. The molecule has 3 unspecified atom stereocenters. The SMILES string of the molecule is CC#CNC(CC)CC(C)CC(C)CC.CNC1(CC(=O)O)CCOCC1.Cc1cc(OCC(C)(C)C=O)no1.SC1CCCCC1. The smallest absolute Gasteiger partial charge is 0.305 e. The van der Waals surface area contributed by atoms with Gasteiger partial charge in [-0.05, 0) is 96.7 Å². The zero-order valence-electron chi connectivity index (χ0n) is 31.0. The predicted octanol–water partition coefficient (Wildman–Crippen LogP) is 7.86. The molecule has 1 aliphatic carbocycles. The number of carbonyl (C=O) groups excluding carboxylic acids is 1. The number of ether oxygens (including phenoxy) is 2. The number of aliphatic carboxylic acids is 1. The van der Waals surface area contributed by atoms with E-state index in [4.69, 9.17) is 19.1 Å². The van der Waals surface area contributed by atoms with E-state index in [0.717, 1.165) is 36.2 Å². The molecule has 2 aliphatic rings. The number of carboxylic acid groups (broad SMARTS) is 1. The molecule has 0 amide bonds. The maximum absolute atomic E-state index is 10.6. The van der Waals surface area contributed by atoms with Gasteiger partial charge >= 0.3 is 5.97 Å². The molecule has 3 rings (SSSR count). The van der Waals surface area contributed by atoms with Crippen LogP contribution in [0, 0.1) is 36.1 Å². The van der Waals surface area contributed by atoms with Crippen LogP contribution in [-0.2, 0) is 14.3 Å². The van der Waals surface area contributed by atoms with Crippen molar-refractivity contribution in [3.63, 3.8) is 0 Å². The molecule has 1 aliphatic heterocycles. The van der Waals surface area contributed by atoms with E-state index in [1.165, 1.54) is 57.8 Å². The predicted molar refractivity (Wildman–Crippen MR) is 195 cm³/mol. The number of carboxylic acids is 1. The van der Waals surface area contributed by atoms with Crippen LogP contribution < -0.4 is 15.4 Å². The number of aryl methyl sites for hydroxylation is 1. The Hall–Kier alpha value is -2.22. The molecule has 0 spiro atoms. The maximum Gasteiger partial charge on any atom is 0.305 e. The lowest BCUT2D eigenvalue weighted by Crippen LogP contribution is -2.48. The summed E-state index contributed by atoms with van der Waals surface area (Å²) >= 11 is 4.36. The van der Waals surface area contributed by atoms with Gasteiger partial charge in [0.25, 0.3) is 5.88 Å². The summed E-state index contributed by atoms with van der Waals surface area (Å²) < 4.78 is 15.2. The largest absolute Gasteiger partial charge is 0.481 e. The Morgan fingerprint density at radius 3 is 2.23 bits per heavy atom. The third kappa shape index (κ3) is 22.9. The third-order valence-electron chi connectivity index (χ3n) is 8.64. The fourth-order valence-electron chi connectivity index (χ4n) is 5.29. The summed E-state index contributed by atoms with van der Waals surface area (Å²) in [5.74, 6) is 4.93. The van der Waals surface area contributed by atoms with Crippen molar-refractivity contribution in [2.45, 2.75) is 149 Å². The lowest BCUT2D eigenvalue weighted by Gasteiger charge is -2.35. The molecule has 9 nitrogen and oxygen atoms in total. The van der Waals surface area contributed by atoms with Gasteiger partial charge < -0.3 is 34.5 Å². The van der Waals surface area contributed by atoms with Crippen molar-refractivity contribution in [2.24, 2.45) is 17.3 Å². The average Bonchev–Trinajstić information content (AvgIpc) is 3.48. The van der Waals surface area contributed by atoms with Crippen molar-refractivity contribution in [2.75, 3.05) is 26.9 Å². The minimum Gasteiger partial charge on any atom is -0.481 e. The summed E-state index contributed by atoms with van der Waals surface area (Å²) in [5.41, 5.74) is -0.711. The van der Waals surface area contributed by atoms with Crippen molar-refractivity contribution in [3.05, 3.63) is 11.8 Å². The summed E-state index contributed by atoms with van der Waals surface area (Å²) in [5, 5.41) is 19.4. The van der Waals surface area contributed by atoms with Crippen LogP contribution in [0.25, 0.3) is 0 Å². The number of thiol groups is 1. The van der Waals surface area contributed by atoms with Crippen LogP contribution in [0.15, 0.2) is 10.6 Å². The first kappa shape index (κ1) is 44.8. The van der Waals surface area contributed by atoms with Gasteiger partial charge in [-0.15, -0.1) is 0 Å². The molecule has 10 heteroatoms. The van der Waals surface area contributed by atoms with Crippen LogP contribution in [0.2, 0.25) is 0 Å². The quantitative estimate of drug-likeness (QED) is 0.0673. The molecule has 47 heavy (non-hydrogen) atoms. The Balaban J connectivity index is 0.000000615. The van der Waals surface area contributed by atoms with E-state index in [-0.39, 0.29) is 12.0 Å². The summed E-state index contributed by atoms with van der Waals surface area (Å²) in [6.07, 6.45) is 14.6. The molecule has 0 aromatic carbocycles. The highest BCUT2D eigenvalue weighted by atomic mass is 32.1. The van der Waals surface area contributed by atoms with Gasteiger partial charge in [0.05, 0.1) is 11.8 Å². The second kappa shape index (κ2) is 25.8. The maximum atomic E-state index is 10.6. The highest BCUT2D eigenvalue weighted by molar-refractivity contribution is 7.80. The molecule has 1 aromatic rings. The number of carbonyl (C=O) groups is 2. The second-order valence-electron chi connectivity index (χ2n) is 13.9. The van der Waals surface area contributed by atoms with Gasteiger partial charge in [0, 0.05) is 42.2 Å². The molecule has 0 bridgehead atoms. The van der Waals surface area contributed by atoms with Gasteiger partial charge in [-0.2, -0.15) is 12.6 Å². The van der Waals surface area contributed by atoms with E-state index in [2.05, 4.69) is 68.1 Å². The Bertz CT molecular complexity index is 1010. The zero-order valence-corrected chi connectivity index (χ0v) is 31.8. The Morgan fingerprint density at radius 1 is 1.17 bits per heavy atom. The van der Waals surface area contributed by atoms with Crippen molar-refractivity contribution in [1.82, 2.24) is 15.8 Å². The van der Waals surface area contributed by atoms with Crippen LogP contribution in [-0.4, -0.2) is 66.2 Å². The van der Waals surface area contributed by atoms with E-state index in [1.807, 2.05) is 14.0 Å². The van der Waals surface area contributed by atoms with Crippen molar-refractivity contribution < 1.29 is 28.7 Å². The van der Waals surface area contributed by atoms with E-state index in [9.17, 15) is 9.59 Å². The summed E-state index contributed by atoms with van der Waals surface area (Å²) in [7, 11) is 1.81. The van der Waals surface area contributed by atoms with Crippen molar-refractivity contribution in [3.8, 4) is 17.8 Å². The van der Waals surface area contributed by atoms with Gasteiger partial charge in [-0.3, -0.25) is 4.79 Å². The highest BCUT2D eigenvalue weighted by Crippen LogP contribution is 2.24. The summed E-state index contributed by atoms with van der Waals surface area (Å²) in [6, 6.07) is 5.22. The van der Waals surface area contributed by atoms with Crippen LogP contribution in [0.3, 0.4) is 0 Å². The molecular weight excluding hydrogens is 614 g/mol. The average molecular weight is 682 g/mol. The lowest BCUT2D eigenvalue weighted by atomic mass is 9.87. The van der Waals surface area contributed by atoms with Crippen LogP contribution >= 0.6 is 12.6 Å². The topological polar surface area (TPSA) is 123 Å². The Kier molecular flexibility index (Phi) is 24.5. The molecule has 3 N–H and O–H groups in total. The first-order chi connectivity index (χ1) is 22.2. The number of hydrogen-bond donors (Lipinski definition) is 4. The number of nitrogens with zero attached hydrogens (tertiary/aromatic N) is 1. The third-order valence-corrected chi connectivity index (χ3v) is 9.16. The highest BCUT2D eigenvalue weighted by Gasteiger charge is 2.33. The van der Waals surface area contributed by atoms with E-state index >= 15 is 0 Å². The standard InChI is InChI=1S/C14H27N.C9H13NO3.C8H15NO3.C6H12S/c1-6-9-15-14(8-3)11-13(5)10-12(4)7-2;1-7-4-8(10-13-7)12-6-9(2,3)5-11;1-9-8(6-7(10)11)2-4-12-5-3-8;7-6-4-2-1-3-5-6/h12-15H,7-8,10-11H2,1-5H3;4-5H,6H2,1-3H3;9H,2-6H2,1H3,(H,10,11);6-7H,1-5H2.